The first-order chi connectivity index (χ1) is 17.2. The molecule has 0 atom stereocenters. The first kappa shape index (κ1) is 20.0. The highest BCUT2D eigenvalue weighted by molar-refractivity contribution is 5.82. The monoisotopic (exact) mass is 460 g/mol. The van der Waals surface area contributed by atoms with Crippen molar-refractivity contribution >= 4 is 0 Å². The Morgan fingerprint density at radius 1 is 0.371 bits per heavy atom. The smallest absolute Gasteiger partial charge is 0.302 e. The van der Waals surface area contributed by atoms with Crippen LogP contribution in [0.25, 0.3) is 22.3 Å². The van der Waals surface area contributed by atoms with Crippen LogP contribution in [0.4, 0.5) is 0 Å². The Hall–Kier alpha value is -3.28. The summed E-state index contributed by atoms with van der Waals surface area (Å²) in [6, 6.07) is 34.2. The fourth-order valence-electron chi connectivity index (χ4n) is 6.63. The molecule has 0 radical (unpaired) electrons. The maximum atomic E-state index is 6.37. The molecule has 2 aliphatic heterocycles. The van der Waals surface area contributed by atoms with E-state index in [0.717, 1.165) is 0 Å². The van der Waals surface area contributed by atoms with E-state index < -0.39 is 6.16 Å². The first-order valence-corrected chi connectivity index (χ1v) is 12.2. The lowest BCUT2D eigenvalue weighted by molar-refractivity contribution is -0.535. The van der Waals surface area contributed by atoms with Crippen LogP contribution in [-0.4, -0.2) is 32.6 Å². The van der Waals surface area contributed by atoms with Crippen molar-refractivity contribution in [2.45, 2.75) is 17.0 Å². The second-order valence-electron chi connectivity index (χ2n) is 10.0. The minimum atomic E-state index is -1.48. The molecule has 2 saturated heterocycles. The Labute approximate surface area is 204 Å². The van der Waals surface area contributed by atoms with E-state index in [4.69, 9.17) is 18.9 Å². The van der Waals surface area contributed by atoms with Gasteiger partial charge < -0.3 is 18.9 Å². The molecule has 4 aromatic carbocycles. The molecule has 4 aromatic rings. The molecule has 35 heavy (non-hydrogen) atoms. The van der Waals surface area contributed by atoms with Crippen LogP contribution in [0.1, 0.15) is 22.3 Å². The molecule has 4 nitrogen and oxygen atoms in total. The zero-order valence-electron chi connectivity index (χ0n) is 19.2. The van der Waals surface area contributed by atoms with Crippen LogP contribution in [0, 0.1) is 0 Å². The van der Waals surface area contributed by atoms with Crippen molar-refractivity contribution in [2.75, 3.05) is 26.4 Å². The highest BCUT2D eigenvalue weighted by Crippen LogP contribution is 2.55. The van der Waals surface area contributed by atoms with Crippen molar-refractivity contribution in [3.63, 3.8) is 0 Å². The van der Waals surface area contributed by atoms with E-state index in [1.807, 2.05) is 0 Å². The quantitative estimate of drug-likeness (QED) is 0.341. The predicted octanol–water partition coefficient (Wildman–Crippen LogP) is 5.62. The van der Waals surface area contributed by atoms with Gasteiger partial charge in [0.2, 0.25) is 0 Å². The van der Waals surface area contributed by atoms with Crippen LogP contribution in [0.5, 0.6) is 0 Å². The molecule has 0 saturated carbocycles. The number of hydrogen-bond donors (Lipinski definition) is 0. The molecule has 4 aliphatic rings. The van der Waals surface area contributed by atoms with Gasteiger partial charge in [-0.15, -0.1) is 0 Å². The SMILES string of the molecule is c1ccc2c(c1)-c1ccccc1C21COC2(OC1)OCC1(CO2)c2ccccc2-c2ccccc21. The van der Waals surface area contributed by atoms with Gasteiger partial charge in [0.25, 0.3) is 0 Å². The lowest BCUT2D eigenvalue weighted by Crippen LogP contribution is -2.60. The van der Waals surface area contributed by atoms with Crippen LogP contribution < -0.4 is 0 Å². The van der Waals surface area contributed by atoms with Crippen molar-refractivity contribution in [1.29, 1.82) is 0 Å². The lowest BCUT2D eigenvalue weighted by Gasteiger charge is -2.49. The molecule has 2 aliphatic carbocycles. The second kappa shape index (κ2) is 6.90. The highest BCUT2D eigenvalue weighted by Gasteiger charge is 2.58. The molecular weight excluding hydrogens is 436 g/mol. The first-order valence-electron chi connectivity index (χ1n) is 12.2. The maximum Gasteiger partial charge on any atom is 0.412 e. The standard InChI is InChI=1S/C31H24O4/c1-5-13-25-21(9-1)22-10-2-6-14-26(22)29(25)17-32-31(33-18-29)34-19-30(20-35-31)27-15-7-3-11-23(27)24-12-4-8-16-28(24)30/h1-16H,17-20H2. The normalized spacial score (nSPS) is 21.5. The van der Waals surface area contributed by atoms with Crippen LogP contribution in [-0.2, 0) is 29.8 Å². The number of ether oxygens (including phenoxy) is 4. The molecule has 4 heteroatoms. The molecule has 0 aromatic heterocycles. The van der Waals surface area contributed by atoms with Crippen molar-refractivity contribution in [2.24, 2.45) is 0 Å². The van der Waals surface area contributed by atoms with Gasteiger partial charge in [-0.25, -0.2) is 0 Å². The lowest BCUT2D eigenvalue weighted by atomic mass is 9.78. The summed E-state index contributed by atoms with van der Waals surface area (Å²) in [4.78, 5) is 0. The summed E-state index contributed by atoms with van der Waals surface area (Å²) in [6.45, 7) is 1.73. The Morgan fingerprint density at radius 3 is 0.914 bits per heavy atom. The third-order valence-corrected chi connectivity index (χ3v) is 8.33. The van der Waals surface area contributed by atoms with Gasteiger partial charge in [-0.2, -0.15) is 0 Å². The number of benzene rings is 4. The Kier molecular flexibility index (Phi) is 3.93. The highest BCUT2D eigenvalue weighted by atomic mass is 17.0. The molecule has 0 amide bonds. The van der Waals surface area contributed by atoms with Crippen LogP contribution in [0.2, 0.25) is 0 Å². The summed E-state index contributed by atoms with van der Waals surface area (Å²) in [5.41, 5.74) is 9.20. The van der Waals surface area contributed by atoms with Crippen LogP contribution in [0.3, 0.4) is 0 Å². The predicted molar refractivity (Wildman–Crippen MR) is 132 cm³/mol. The third-order valence-electron chi connectivity index (χ3n) is 8.33. The van der Waals surface area contributed by atoms with Gasteiger partial charge in [0, 0.05) is 0 Å². The van der Waals surface area contributed by atoms with Gasteiger partial charge >= 0.3 is 6.16 Å². The summed E-state index contributed by atoms with van der Waals surface area (Å²) in [5.74, 6) is 0. The van der Waals surface area contributed by atoms with Gasteiger partial charge in [-0.3, -0.25) is 0 Å². The second-order valence-corrected chi connectivity index (χ2v) is 10.0. The third kappa shape index (κ3) is 2.50. The van der Waals surface area contributed by atoms with E-state index in [2.05, 4.69) is 97.1 Å². The number of hydrogen-bond acceptors (Lipinski definition) is 4. The summed E-state index contributed by atoms with van der Waals surface area (Å²) in [6.07, 6.45) is -1.48. The van der Waals surface area contributed by atoms with Crippen molar-refractivity contribution in [1.82, 2.24) is 0 Å². The average Bonchev–Trinajstić information content (AvgIpc) is 3.37. The van der Waals surface area contributed by atoms with E-state index in [9.17, 15) is 0 Å². The molecule has 0 N–H and O–H groups in total. The van der Waals surface area contributed by atoms with Gasteiger partial charge in [0.05, 0.1) is 37.3 Å². The zero-order valence-corrected chi connectivity index (χ0v) is 19.2. The molecule has 0 unspecified atom stereocenters. The number of rotatable bonds is 0. The van der Waals surface area contributed by atoms with E-state index in [0.29, 0.717) is 26.4 Å². The molecule has 2 fully saturated rings. The van der Waals surface area contributed by atoms with E-state index in [-0.39, 0.29) is 10.8 Å². The van der Waals surface area contributed by atoms with Crippen molar-refractivity contribution in [3.05, 3.63) is 119 Å². The molecule has 172 valence electrons. The molecule has 0 bridgehead atoms. The fourth-order valence-corrected chi connectivity index (χ4v) is 6.63. The molecule has 2 heterocycles. The van der Waals surface area contributed by atoms with Gasteiger partial charge in [0.1, 0.15) is 0 Å². The van der Waals surface area contributed by atoms with E-state index >= 15 is 0 Å². The van der Waals surface area contributed by atoms with Gasteiger partial charge in [0.15, 0.2) is 0 Å². The Bertz CT molecular complexity index is 1260. The van der Waals surface area contributed by atoms with Crippen molar-refractivity contribution < 1.29 is 18.9 Å². The average molecular weight is 461 g/mol. The van der Waals surface area contributed by atoms with Crippen LogP contribution in [0.15, 0.2) is 97.1 Å². The fraction of sp³-hybridized carbons (Fsp3) is 0.226. The summed E-state index contributed by atoms with van der Waals surface area (Å²) < 4.78 is 25.5. The molecular formula is C31H24O4. The summed E-state index contributed by atoms with van der Waals surface area (Å²) >= 11 is 0. The van der Waals surface area contributed by atoms with E-state index in [1.165, 1.54) is 44.5 Å². The minimum absolute atomic E-state index is 0.368. The maximum absolute atomic E-state index is 6.37. The van der Waals surface area contributed by atoms with Gasteiger partial charge in [-0.05, 0) is 44.5 Å². The van der Waals surface area contributed by atoms with E-state index in [1.54, 1.807) is 0 Å². The Balaban J connectivity index is 1.12. The molecule has 8 rings (SSSR count). The largest absolute Gasteiger partial charge is 0.412 e. The zero-order chi connectivity index (χ0) is 23.1. The van der Waals surface area contributed by atoms with Gasteiger partial charge in [-0.1, -0.05) is 97.1 Å². The summed E-state index contributed by atoms with van der Waals surface area (Å²) in [7, 11) is 0. The Morgan fingerprint density at radius 2 is 0.629 bits per heavy atom. The molecule has 3 spiro atoms. The van der Waals surface area contributed by atoms with Crippen LogP contribution >= 0.6 is 0 Å². The minimum Gasteiger partial charge on any atom is -0.302 e. The topological polar surface area (TPSA) is 36.9 Å². The number of fused-ring (bicyclic) bond motifs is 10. The summed E-state index contributed by atoms with van der Waals surface area (Å²) in [5, 5.41) is 0. The van der Waals surface area contributed by atoms with Crippen molar-refractivity contribution in [3.8, 4) is 22.3 Å².